The Labute approximate surface area is 234 Å². The molecule has 0 bridgehead atoms. The van der Waals surface area contributed by atoms with E-state index in [1.807, 2.05) is 0 Å². The summed E-state index contributed by atoms with van der Waals surface area (Å²) in [4.78, 5) is 26.0. The predicted molar refractivity (Wildman–Crippen MR) is 143 cm³/mol. The summed E-state index contributed by atoms with van der Waals surface area (Å²) in [5.41, 5.74) is -3.44. The molecule has 4 rings (SSSR count). The number of ether oxygens (including phenoxy) is 4. The molecule has 1 heterocycles. The van der Waals surface area contributed by atoms with Gasteiger partial charge in [0.05, 0.1) is 37.1 Å². The van der Waals surface area contributed by atoms with Gasteiger partial charge in [0.2, 0.25) is 0 Å². The first-order chi connectivity index (χ1) is 18.7. The maximum Gasteiger partial charge on any atom is 0.338 e. The van der Waals surface area contributed by atoms with Crippen molar-refractivity contribution in [1.82, 2.24) is 0 Å². The number of hydrogen-bond donors (Lipinski definition) is 4. The number of esters is 2. The van der Waals surface area contributed by atoms with E-state index in [1.54, 1.807) is 58.0 Å². The zero-order chi connectivity index (χ0) is 29.6. The van der Waals surface area contributed by atoms with Gasteiger partial charge >= 0.3 is 11.9 Å². The number of fused-ring (bicyclic) bond motifs is 1. The van der Waals surface area contributed by atoms with Crippen molar-refractivity contribution >= 4 is 11.9 Å². The molecule has 2 fully saturated rings. The molecule has 2 aliphatic carbocycles. The first kappa shape index (κ1) is 30.6. The van der Waals surface area contributed by atoms with E-state index in [9.17, 15) is 30.0 Å². The second-order valence-corrected chi connectivity index (χ2v) is 12.1. The molecule has 1 aromatic carbocycles. The fraction of sp³-hybridized carbons (Fsp3) is 0.667. The van der Waals surface area contributed by atoms with E-state index in [1.165, 1.54) is 14.0 Å². The highest BCUT2D eigenvalue weighted by Gasteiger charge is 2.70. The third-order valence-electron chi connectivity index (χ3n) is 9.47. The van der Waals surface area contributed by atoms with Gasteiger partial charge in [-0.25, -0.2) is 4.79 Å². The van der Waals surface area contributed by atoms with Crippen LogP contribution in [-0.4, -0.2) is 94.4 Å². The van der Waals surface area contributed by atoms with E-state index in [-0.39, 0.29) is 31.6 Å². The molecule has 0 spiro atoms. The lowest BCUT2D eigenvalue weighted by Crippen LogP contribution is -2.76. The van der Waals surface area contributed by atoms with Crippen LogP contribution >= 0.6 is 0 Å². The van der Waals surface area contributed by atoms with Crippen molar-refractivity contribution in [1.29, 1.82) is 0 Å². The van der Waals surface area contributed by atoms with E-state index in [4.69, 9.17) is 18.9 Å². The van der Waals surface area contributed by atoms with E-state index in [0.29, 0.717) is 11.1 Å². The molecule has 222 valence electrons. The number of hydrogen-bond acceptors (Lipinski definition) is 10. The summed E-state index contributed by atoms with van der Waals surface area (Å²) < 4.78 is 23.1. The standard InChI is InChI=1S/C30H42O10/c1-16-20(32)12-23-29(15-38-23,40-18(3)31)25(16)26(39-27(35)19-10-8-7-9-11-19)30(36)13-21(33)17(2)24(28(30,4)5)22(34)14-37-6/h7-11,16,20-23,25-26,32-34,36H,12-15H2,1-6H3/t16-,20-,21-,22-,23+,25?,26-,29-,30+/m0/s1. The smallest absolute Gasteiger partial charge is 0.338 e. The van der Waals surface area contributed by atoms with Crippen molar-refractivity contribution in [2.75, 3.05) is 20.3 Å². The first-order valence-electron chi connectivity index (χ1n) is 13.7. The number of benzene rings is 1. The second kappa shape index (κ2) is 11.2. The van der Waals surface area contributed by atoms with Gasteiger partial charge in [-0.2, -0.15) is 0 Å². The van der Waals surface area contributed by atoms with Gasteiger partial charge < -0.3 is 39.4 Å². The van der Waals surface area contributed by atoms with Crippen LogP contribution in [0.25, 0.3) is 0 Å². The van der Waals surface area contributed by atoms with Gasteiger partial charge in [0.15, 0.2) is 5.60 Å². The summed E-state index contributed by atoms with van der Waals surface area (Å²) in [6.07, 6.45) is -5.36. The average Bonchev–Trinajstić information content (AvgIpc) is 2.88. The Morgan fingerprint density at radius 2 is 1.82 bits per heavy atom. The molecule has 1 aliphatic heterocycles. The second-order valence-electron chi connectivity index (χ2n) is 12.1. The molecule has 10 heteroatoms. The number of rotatable bonds is 8. The van der Waals surface area contributed by atoms with Crippen LogP contribution in [0, 0.1) is 17.3 Å². The van der Waals surface area contributed by atoms with E-state index >= 15 is 0 Å². The highest BCUT2D eigenvalue weighted by Crippen LogP contribution is 2.58. The summed E-state index contributed by atoms with van der Waals surface area (Å²) in [6, 6.07) is 8.29. The fourth-order valence-corrected chi connectivity index (χ4v) is 7.25. The SMILES string of the molecule is COC[C@H](O)C1=C(C)[C@@H](O)C[C@@](O)([C@@H](OC(=O)c2ccccc2)C2[C@@H](C)[C@@H](O)C[C@H]3OC[C@@]23OC(C)=O)C1(C)C. The average molecular weight is 563 g/mol. The Morgan fingerprint density at radius 3 is 2.38 bits per heavy atom. The van der Waals surface area contributed by atoms with Crippen LogP contribution in [0.15, 0.2) is 41.5 Å². The molecule has 3 aliphatic rings. The summed E-state index contributed by atoms with van der Waals surface area (Å²) in [5, 5.41) is 46.2. The number of aliphatic hydroxyl groups excluding tert-OH is 3. The van der Waals surface area contributed by atoms with Crippen molar-refractivity contribution in [3.8, 4) is 0 Å². The molecular formula is C30H42O10. The van der Waals surface area contributed by atoms with Crippen LogP contribution in [0.5, 0.6) is 0 Å². The maximum absolute atomic E-state index is 13.6. The molecule has 1 saturated heterocycles. The Morgan fingerprint density at radius 1 is 1.18 bits per heavy atom. The minimum absolute atomic E-state index is 0.00849. The third-order valence-corrected chi connectivity index (χ3v) is 9.47. The molecular weight excluding hydrogens is 520 g/mol. The Hall–Kier alpha value is -2.34. The first-order valence-corrected chi connectivity index (χ1v) is 13.7. The van der Waals surface area contributed by atoms with Crippen LogP contribution in [0.4, 0.5) is 0 Å². The number of carbonyl (C=O) groups is 2. The Bertz CT molecular complexity index is 1130. The van der Waals surface area contributed by atoms with Gasteiger partial charge in [-0.1, -0.05) is 39.0 Å². The topological polar surface area (TPSA) is 152 Å². The molecule has 0 amide bonds. The van der Waals surface area contributed by atoms with Gasteiger partial charge in [0, 0.05) is 38.2 Å². The predicted octanol–water partition coefficient (Wildman–Crippen LogP) is 1.78. The quantitative estimate of drug-likeness (QED) is 0.273. The molecule has 40 heavy (non-hydrogen) atoms. The molecule has 0 aromatic heterocycles. The van der Waals surface area contributed by atoms with Crippen molar-refractivity contribution in [2.24, 2.45) is 17.3 Å². The van der Waals surface area contributed by atoms with Crippen LogP contribution in [0.3, 0.4) is 0 Å². The van der Waals surface area contributed by atoms with E-state index < -0.39 is 70.9 Å². The van der Waals surface area contributed by atoms with Crippen LogP contribution in [0.1, 0.15) is 57.8 Å². The molecule has 10 nitrogen and oxygen atoms in total. The van der Waals surface area contributed by atoms with Gasteiger partial charge in [-0.05, 0) is 36.1 Å². The monoisotopic (exact) mass is 562 g/mol. The van der Waals surface area contributed by atoms with Gasteiger partial charge in [-0.15, -0.1) is 0 Å². The van der Waals surface area contributed by atoms with Crippen molar-refractivity contribution < 1.29 is 49.0 Å². The molecule has 1 saturated carbocycles. The maximum atomic E-state index is 13.6. The highest BCUT2D eigenvalue weighted by molar-refractivity contribution is 5.89. The molecule has 1 aromatic rings. The number of methoxy groups -OCH3 is 1. The Kier molecular flexibility index (Phi) is 8.53. The van der Waals surface area contributed by atoms with E-state index in [0.717, 1.165) is 0 Å². The van der Waals surface area contributed by atoms with Crippen molar-refractivity contribution in [3.63, 3.8) is 0 Å². The zero-order valence-electron chi connectivity index (χ0n) is 24.0. The lowest BCUT2D eigenvalue weighted by Gasteiger charge is -2.63. The summed E-state index contributed by atoms with van der Waals surface area (Å²) in [5.74, 6) is -2.82. The summed E-state index contributed by atoms with van der Waals surface area (Å²) in [6.45, 7) is 8.07. The molecule has 1 unspecified atom stereocenters. The minimum atomic E-state index is -1.98. The fourth-order valence-electron chi connectivity index (χ4n) is 7.25. The highest BCUT2D eigenvalue weighted by atomic mass is 16.6. The van der Waals surface area contributed by atoms with E-state index in [2.05, 4.69) is 0 Å². The summed E-state index contributed by atoms with van der Waals surface area (Å²) in [7, 11) is 1.44. The van der Waals surface area contributed by atoms with Crippen LogP contribution in [-0.2, 0) is 23.7 Å². The zero-order valence-corrected chi connectivity index (χ0v) is 24.0. The lowest BCUT2D eigenvalue weighted by atomic mass is 9.52. The largest absolute Gasteiger partial charge is 0.455 e. The third kappa shape index (κ3) is 4.88. The molecule has 0 radical (unpaired) electrons. The van der Waals surface area contributed by atoms with Gasteiger partial charge in [-0.3, -0.25) is 4.79 Å². The van der Waals surface area contributed by atoms with Crippen LogP contribution < -0.4 is 0 Å². The normalized spacial score (nSPS) is 36.6. The summed E-state index contributed by atoms with van der Waals surface area (Å²) >= 11 is 0. The minimum Gasteiger partial charge on any atom is -0.455 e. The molecule has 4 N–H and O–H groups in total. The van der Waals surface area contributed by atoms with Gasteiger partial charge in [0.1, 0.15) is 17.8 Å². The van der Waals surface area contributed by atoms with Gasteiger partial charge in [0.25, 0.3) is 0 Å². The Balaban J connectivity index is 1.91. The lowest BCUT2D eigenvalue weighted by molar-refractivity contribution is -0.332. The number of aliphatic hydroxyl groups is 4. The molecule has 9 atom stereocenters. The van der Waals surface area contributed by atoms with Crippen molar-refractivity contribution in [3.05, 3.63) is 47.0 Å². The van der Waals surface area contributed by atoms with Crippen molar-refractivity contribution in [2.45, 2.75) is 89.2 Å². The van der Waals surface area contributed by atoms with Crippen LogP contribution in [0.2, 0.25) is 0 Å². The number of carbonyl (C=O) groups excluding carboxylic acids is 2.